The van der Waals surface area contributed by atoms with E-state index in [9.17, 15) is 4.79 Å². The van der Waals surface area contributed by atoms with Crippen LogP contribution in [0.3, 0.4) is 0 Å². The van der Waals surface area contributed by atoms with Crippen LogP contribution in [-0.2, 0) is 11.3 Å². The number of nitrogens with zero attached hydrogens (tertiary/aromatic N) is 3. The lowest BCUT2D eigenvalue weighted by atomic mass is 10.2. The van der Waals surface area contributed by atoms with Gasteiger partial charge in [-0.25, -0.2) is 0 Å². The molecule has 0 radical (unpaired) electrons. The summed E-state index contributed by atoms with van der Waals surface area (Å²) in [6.45, 7) is 0.667. The van der Waals surface area contributed by atoms with Gasteiger partial charge in [0, 0.05) is 28.9 Å². The van der Waals surface area contributed by atoms with Gasteiger partial charge in [0.05, 0.1) is 13.2 Å². The Morgan fingerprint density at radius 3 is 2.88 bits per heavy atom. The normalized spacial score (nSPS) is 10.5. The van der Waals surface area contributed by atoms with Crippen molar-refractivity contribution in [3.8, 4) is 17.1 Å². The fourth-order valence-corrected chi connectivity index (χ4v) is 2.57. The zero-order chi connectivity index (χ0) is 18.2. The molecule has 2 aromatic heterocycles. The molecule has 0 saturated heterocycles. The minimum absolute atomic E-state index is 0.0912. The number of pyridine rings is 1. The second-order valence-electron chi connectivity index (χ2n) is 5.43. The van der Waals surface area contributed by atoms with Crippen LogP contribution in [0.2, 0.25) is 0 Å². The molecule has 26 heavy (non-hydrogen) atoms. The molecule has 3 rings (SSSR count). The van der Waals surface area contributed by atoms with Gasteiger partial charge in [-0.05, 0) is 36.8 Å². The number of benzene rings is 1. The topological polar surface area (TPSA) is 90.1 Å². The molecule has 0 bridgehead atoms. The number of hydrogen-bond acceptors (Lipinski definition) is 6. The van der Waals surface area contributed by atoms with Crippen LogP contribution >= 0.6 is 15.9 Å². The molecule has 0 saturated carbocycles. The molecule has 2 heterocycles. The summed E-state index contributed by atoms with van der Waals surface area (Å²) in [4.78, 5) is 20.1. The molecule has 3 aromatic rings. The molecule has 1 N–H and O–H groups in total. The van der Waals surface area contributed by atoms with E-state index in [0.717, 1.165) is 15.8 Å². The molecule has 1 amide bonds. The number of carbonyl (C=O) groups excluding carboxylic acids is 1. The van der Waals surface area contributed by atoms with Gasteiger partial charge < -0.3 is 14.6 Å². The Morgan fingerprint density at radius 1 is 1.23 bits per heavy atom. The van der Waals surface area contributed by atoms with Crippen molar-refractivity contribution in [2.75, 3.05) is 6.61 Å². The highest BCUT2D eigenvalue weighted by molar-refractivity contribution is 9.10. The first-order valence-corrected chi connectivity index (χ1v) is 8.88. The summed E-state index contributed by atoms with van der Waals surface area (Å²) in [5, 5.41) is 6.65. The number of amides is 1. The van der Waals surface area contributed by atoms with Gasteiger partial charge in [-0.1, -0.05) is 27.2 Å². The summed E-state index contributed by atoms with van der Waals surface area (Å²) in [7, 11) is 0. The van der Waals surface area contributed by atoms with Crippen LogP contribution in [0.4, 0.5) is 0 Å². The van der Waals surface area contributed by atoms with Crippen LogP contribution in [0.5, 0.6) is 5.75 Å². The van der Waals surface area contributed by atoms with E-state index < -0.39 is 0 Å². The molecule has 134 valence electrons. The predicted molar refractivity (Wildman–Crippen MR) is 98.2 cm³/mol. The van der Waals surface area contributed by atoms with Crippen LogP contribution in [0, 0.1) is 0 Å². The van der Waals surface area contributed by atoms with Gasteiger partial charge in [-0.15, -0.1) is 0 Å². The largest absolute Gasteiger partial charge is 0.494 e. The summed E-state index contributed by atoms with van der Waals surface area (Å²) in [5.41, 5.74) is 0.811. The van der Waals surface area contributed by atoms with Crippen LogP contribution in [0.1, 0.15) is 18.7 Å². The Hall–Kier alpha value is -2.74. The van der Waals surface area contributed by atoms with Crippen molar-refractivity contribution in [2.45, 2.75) is 19.4 Å². The Bertz CT molecular complexity index is 854. The molecule has 8 heteroatoms. The summed E-state index contributed by atoms with van der Waals surface area (Å²) >= 11 is 3.39. The average molecular weight is 417 g/mol. The van der Waals surface area contributed by atoms with E-state index in [4.69, 9.17) is 9.26 Å². The maximum Gasteiger partial charge on any atom is 0.246 e. The van der Waals surface area contributed by atoms with E-state index in [0.29, 0.717) is 31.2 Å². The van der Waals surface area contributed by atoms with E-state index in [1.54, 1.807) is 24.5 Å². The standard InChI is InChI=1S/C18H17BrN4O3/c19-14-3-1-4-15(11-14)25-10-2-5-16(24)21-12-17-22-18(23-26-17)13-6-8-20-9-7-13/h1,3-4,6-9,11H,2,5,10,12H2,(H,21,24). The van der Waals surface area contributed by atoms with Gasteiger partial charge in [0.25, 0.3) is 0 Å². The third-order valence-corrected chi connectivity index (χ3v) is 3.95. The number of aromatic nitrogens is 3. The maximum absolute atomic E-state index is 11.9. The first kappa shape index (κ1) is 18.1. The van der Waals surface area contributed by atoms with E-state index in [-0.39, 0.29) is 12.5 Å². The number of halogens is 1. The highest BCUT2D eigenvalue weighted by Crippen LogP contribution is 2.18. The molecule has 0 atom stereocenters. The fraction of sp³-hybridized carbons (Fsp3) is 0.222. The van der Waals surface area contributed by atoms with Crippen molar-refractivity contribution in [1.29, 1.82) is 0 Å². The lowest BCUT2D eigenvalue weighted by molar-refractivity contribution is -0.121. The van der Waals surface area contributed by atoms with E-state index in [1.807, 2.05) is 24.3 Å². The number of hydrogen-bond donors (Lipinski definition) is 1. The van der Waals surface area contributed by atoms with Crippen LogP contribution in [0.15, 0.2) is 57.8 Å². The van der Waals surface area contributed by atoms with E-state index in [2.05, 4.69) is 36.4 Å². The van der Waals surface area contributed by atoms with Crippen molar-refractivity contribution in [3.63, 3.8) is 0 Å². The highest BCUT2D eigenvalue weighted by Gasteiger charge is 2.09. The number of rotatable bonds is 8. The SMILES string of the molecule is O=C(CCCOc1cccc(Br)c1)NCc1nc(-c2ccncc2)no1. The number of nitrogens with one attached hydrogen (secondary N) is 1. The van der Waals surface area contributed by atoms with Gasteiger partial charge in [0.1, 0.15) is 5.75 Å². The van der Waals surface area contributed by atoms with Crippen molar-refractivity contribution in [1.82, 2.24) is 20.4 Å². The lowest BCUT2D eigenvalue weighted by Crippen LogP contribution is -2.23. The lowest BCUT2D eigenvalue weighted by Gasteiger charge is -2.06. The van der Waals surface area contributed by atoms with Crippen LogP contribution in [-0.4, -0.2) is 27.6 Å². The minimum Gasteiger partial charge on any atom is -0.494 e. The van der Waals surface area contributed by atoms with Crippen LogP contribution in [0.25, 0.3) is 11.4 Å². The van der Waals surface area contributed by atoms with Gasteiger partial charge in [-0.2, -0.15) is 4.98 Å². The van der Waals surface area contributed by atoms with Crippen molar-refractivity contribution in [2.24, 2.45) is 0 Å². The first-order valence-electron chi connectivity index (χ1n) is 8.09. The summed E-state index contributed by atoms with van der Waals surface area (Å²) in [5.74, 6) is 1.51. The van der Waals surface area contributed by atoms with Crippen LogP contribution < -0.4 is 10.1 Å². The Morgan fingerprint density at radius 2 is 2.08 bits per heavy atom. The van der Waals surface area contributed by atoms with E-state index in [1.165, 1.54) is 0 Å². The van der Waals surface area contributed by atoms with Crippen molar-refractivity contribution >= 4 is 21.8 Å². The molecule has 0 aliphatic heterocycles. The van der Waals surface area contributed by atoms with Gasteiger partial charge in [-0.3, -0.25) is 9.78 Å². The summed E-state index contributed by atoms with van der Waals surface area (Å²) < 4.78 is 11.7. The molecule has 0 aliphatic carbocycles. The average Bonchev–Trinajstić information content (AvgIpc) is 3.13. The second kappa shape index (κ2) is 9.10. The Labute approximate surface area is 158 Å². The smallest absolute Gasteiger partial charge is 0.246 e. The van der Waals surface area contributed by atoms with Gasteiger partial charge in [0.2, 0.25) is 17.6 Å². The van der Waals surface area contributed by atoms with E-state index >= 15 is 0 Å². The van der Waals surface area contributed by atoms with Gasteiger partial charge >= 0.3 is 0 Å². The minimum atomic E-state index is -0.0912. The summed E-state index contributed by atoms with van der Waals surface area (Å²) in [6.07, 6.45) is 4.29. The molecular weight excluding hydrogens is 400 g/mol. The number of carbonyl (C=O) groups is 1. The first-order chi connectivity index (χ1) is 12.7. The maximum atomic E-state index is 11.9. The number of ether oxygens (including phenoxy) is 1. The van der Waals surface area contributed by atoms with Crippen molar-refractivity contribution < 1.29 is 14.1 Å². The molecule has 0 unspecified atom stereocenters. The highest BCUT2D eigenvalue weighted by atomic mass is 79.9. The van der Waals surface area contributed by atoms with Gasteiger partial charge in [0.15, 0.2) is 0 Å². The molecule has 7 nitrogen and oxygen atoms in total. The molecular formula is C18H17BrN4O3. The Balaban J connectivity index is 1.37. The quantitative estimate of drug-likeness (QED) is 0.566. The predicted octanol–water partition coefficient (Wildman–Crippen LogP) is 3.37. The Kier molecular flexibility index (Phi) is 6.32. The second-order valence-corrected chi connectivity index (χ2v) is 6.35. The third kappa shape index (κ3) is 5.38. The zero-order valence-electron chi connectivity index (χ0n) is 13.9. The monoisotopic (exact) mass is 416 g/mol. The fourth-order valence-electron chi connectivity index (χ4n) is 2.19. The molecule has 0 spiro atoms. The molecule has 0 fully saturated rings. The molecule has 0 aliphatic rings. The molecule has 1 aromatic carbocycles. The third-order valence-electron chi connectivity index (χ3n) is 3.46. The summed E-state index contributed by atoms with van der Waals surface area (Å²) in [6, 6.07) is 11.2. The zero-order valence-corrected chi connectivity index (χ0v) is 15.5. The van der Waals surface area contributed by atoms with Crippen molar-refractivity contribution in [3.05, 3.63) is 59.2 Å².